The van der Waals surface area contributed by atoms with Crippen LogP contribution in [0.4, 0.5) is 4.39 Å². The van der Waals surface area contributed by atoms with Gasteiger partial charge >= 0.3 is 5.97 Å². The van der Waals surface area contributed by atoms with E-state index in [4.69, 9.17) is 4.74 Å². The van der Waals surface area contributed by atoms with Crippen LogP contribution in [0, 0.1) is 19.7 Å². The molecule has 2 aromatic heterocycles. The highest BCUT2D eigenvalue weighted by atomic mass is 32.1. The number of ether oxygens (including phenoxy) is 1. The number of rotatable bonds is 4. The van der Waals surface area contributed by atoms with Gasteiger partial charge in [-0.15, -0.1) is 11.3 Å². The number of aryl methyl sites for hydroxylation is 2. The molecule has 0 aliphatic carbocycles. The summed E-state index contributed by atoms with van der Waals surface area (Å²) in [6, 6.07) is 5.65. The van der Waals surface area contributed by atoms with Gasteiger partial charge in [0, 0.05) is 4.88 Å². The summed E-state index contributed by atoms with van der Waals surface area (Å²) in [4.78, 5) is 33.1. The zero-order valence-corrected chi connectivity index (χ0v) is 14.9. The Morgan fingerprint density at radius 3 is 2.68 bits per heavy atom. The highest BCUT2D eigenvalue weighted by Crippen LogP contribution is 2.27. The van der Waals surface area contributed by atoms with Crippen LogP contribution in [0.3, 0.4) is 0 Å². The van der Waals surface area contributed by atoms with E-state index in [2.05, 4.69) is 9.97 Å². The Labute approximate surface area is 147 Å². The first-order valence-corrected chi connectivity index (χ1v) is 8.60. The van der Waals surface area contributed by atoms with Crippen molar-refractivity contribution < 1.29 is 13.9 Å². The number of nitrogens with one attached hydrogen (secondary N) is 1. The van der Waals surface area contributed by atoms with Crippen LogP contribution in [-0.4, -0.2) is 15.9 Å². The molecule has 1 N–H and O–H groups in total. The molecule has 0 amide bonds. The van der Waals surface area contributed by atoms with Crippen molar-refractivity contribution in [3.8, 4) is 0 Å². The van der Waals surface area contributed by atoms with Crippen molar-refractivity contribution in [2.75, 3.05) is 0 Å². The van der Waals surface area contributed by atoms with Crippen molar-refractivity contribution in [2.45, 2.75) is 33.3 Å². The minimum Gasteiger partial charge on any atom is -0.454 e. The first-order chi connectivity index (χ1) is 11.8. The Kier molecular flexibility index (Phi) is 4.67. The minimum atomic E-state index is -0.687. The molecule has 2 heterocycles. The number of benzene rings is 1. The van der Waals surface area contributed by atoms with E-state index < -0.39 is 12.1 Å². The molecule has 0 spiro atoms. The molecule has 5 nitrogen and oxygen atoms in total. The second kappa shape index (κ2) is 6.76. The van der Waals surface area contributed by atoms with Gasteiger partial charge in [-0.3, -0.25) is 9.59 Å². The van der Waals surface area contributed by atoms with Gasteiger partial charge in [-0.25, -0.2) is 9.37 Å². The zero-order chi connectivity index (χ0) is 18.1. The smallest absolute Gasteiger partial charge is 0.310 e. The number of hydrogen-bond donors (Lipinski definition) is 1. The average molecular weight is 360 g/mol. The molecular formula is C18H17FN2O3S. The van der Waals surface area contributed by atoms with Crippen LogP contribution < -0.4 is 5.56 Å². The minimum absolute atomic E-state index is 0.0221. The van der Waals surface area contributed by atoms with E-state index in [0.717, 1.165) is 10.4 Å². The number of halogens is 1. The zero-order valence-electron chi connectivity index (χ0n) is 14.1. The van der Waals surface area contributed by atoms with Crippen LogP contribution in [0.1, 0.15) is 34.9 Å². The van der Waals surface area contributed by atoms with Crippen LogP contribution in [0.5, 0.6) is 0 Å². The molecule has 0 aliphatic heterocycles. The Morgan fingerprint density at radius 2 is 2.00 bits per heavy atom. The highest BCUT2D eigenvalue weighted by molar-refractivity contribution is 7.18. The molecule has 1 unspecified atom stereocenters. The van der Waals surface area contributed by atoms with E-state index in [1.165, 1.54) is 35.6 Å². The van der Waals surface area contributed by atoms with E-state index in [-0.39, 0.29) is 17.8 Å². The number of esters is 1. The van der Waals surface area contributed by atoms with Gasteiger partial charge in [0.2, 0.25) is 0 Å². The van der Waals surface area contributed by atoms with Crippen LogP contribution in [-0.2, 0) is 16.0 Å². The van der Waals surface area contributed by atoms with Gasteiger partial charge < -0.3 is 9.72 Å². The van der Waals surface area contributed by atoms with Crippen LogP contribution >= 0.6 is 11.3 Å². The second-order valence-electron chi connectivity index (χ2n) is 5.85. The fourth-order valence-corrected chi connectivity index (χ4v) is 3.56. The molecule has 1 atom stereocenters. The topological polar surface area (TPSA) is 72.0 Å². The first kappa shape index (κ1) is 17.3. The largest absolute Gasteiger partial charge is 0.454 e. The third-order valence-corrected chi connectivity index (χ3v) is 5.11. The lowest BCUT2D eigenvalue weighted by atomic mass is 10.1. The fraction of sp³-hybridized carbons (Fsp3) is 0.278. The highest BCUT2D eigenvalue weighted by Gasteiger charge is 2.18. The molecule has 7 heteroatoms. The fourth-order valence-electron chi connectivity index (χ4n) is 2.53. The number of nitrogens with zero attached hydrogens (tertiary/aromatic N) is 1. The van der Waals surface area contributed by atoms with Gasteiger partial charge in [0.05, 0.1) is 11.8 Å². The Morgan fingerprint density at radius 1 is 1.32 bits per heavy atom. The quantitative estimate of drug-likeness (QED) is 0.722. The summed E-state index contributed by atoms with van der Waals surface area (Å²) in [6.45, 7) is 5.48. The lowest BCUT2D eigenvalue weighted by molar-refractivity contribution is -0.148. The maximum atomic E-state index is 12.9. The second-order valence-corrected chi connectivity index (χ2v) is 7.05. The number of hydrogen-bond acceptors (Lipinski definition) is 5. The van der Waals surface area contributed by atoms with Crippen LogP contribution in [0.25, 0.3) is 10.2 Å². The summed E-state index contributed by atoms with van der Waals surface area (Å²) in [6.07, 6.45) is -0.665. The van der Waals surface area contributed by atoms with Crippen molar-refractivity contribution in [3.05, 3.63) is 62.3 Å². The van der Waals surface area contributed by atoms with E-state index in [0.29, 0.717) is 21.6 Å². The maximum Gasteiger partial charge on any atom is 0.310 e. The summed E-state index contributed by atoms with van der Waals surface area (Å²) < 4.78 is 18.2. The molecule has 0 saturated heterocycles. The van der Waals surface area contributed by atoms with Crippen molar-refractivity contribution in [2.24, 2.45) is 0 Å². The number of carbonyl (C=O) groups excluding carboxylic acids is 1. The van der Waals surface area contributed by atoms with Crippen molar-refractivity contribution in [1.82, 2.24) is 9.97 Å². The molecule has 0 aliphatic rings. The van der Waals surface area contributed by atoms with Gasteiger partial charge in [-0.05, 0) is 44.0 Å². The number of H-pyrrole nitrogens is 1. The van der Waals surface area contributed by atoms with Gasteiger partial charge in [-0.2, -0.15) is 0 Å². The molecule has 3 aromatic rings. The van der Waals surface area contributed by atoms with Crippen LogP contribution in [0.2, 0.25) is 0 Å². The van der Waals surface area contributed by atoms with Gasteiger partial charge in [0.15, 0.2) is 11.9 Å². The van der Waals surface area contributed by atoms with Gasteiger partial charge in [0.1, 0.15) is 10.6 Å². The van der Waals surface area contributed by atoms with Gasteiger partial charge in [-0.1, -0.05) is 12.1 Å². The molecule has 1 aromatic carbocycles. The number of fused-ring (bicyclic) bond motifs is 1. The summed E-state index contributed by atoms with van der Waals surface area (Å²) in [5, 5.41) is 0.580. The normalized spacial score (nSPS) is 12.3. The SMILES string of the molecule is Cc1sc2nc(C(C)OC(=O)Cc3ccc(F)cc3)[nH]c(=O)c2c1C. The number of carbonyl (C=O) groups is 1. The maximum absolute atomic E-state index is 12.9. The summed E-state index contributed by atoms with van der Waals surface area (Å²) in [5.74, 6) is -0.520. The van der Waals surface area contributed by atoms with Gasteiger partial charge in [0.25, 0.3) is 5.56 Å². The Bertz CT molecular complexity index is 992. The number of thiophene rings is 1. The molecule has 0 saturated carbocycles. The lowest BCUT2D eigenvalue weighted by Crippen LogP contribution is -2.18. The number of aromatic amines is 1. The third-order valence-electron chi connectivity index (χ3n) is 4.01. The molecule has 3 rings (SSSR count). The average Bonchev–Trinajstić information content (AvgIpc) is 2.84. The summed E-state index contributed by atoms with van der Waals surface area (Å²) in [5.41, 5.74) is 1.34. The van der Waals surface area contributed by atoms with E-state index in [9.17, 15) is 14.0 Å². The Hall–Kier alpha value is -2.54. The molecule has 0 fully saturated rings. The first-order valence-electron chi connectivity index (χ1n) is 7.79. The summed E-state index contributed by atoms with van der Waals surface area (Å²) in [7, 11) is 0. The summed E-state index contributed by atoms with van der Waals surface area (Å²) >= 11 is 1.44. The molecular weight excluding hydrogens is 343 g/mol. The number of aromatic nitrogens is 2. The van der Waals surface area contributed by atoms with E-state index in [1.54, 1.807) is 6.92 Å². The standard InChI is InChI=1S/C18H17FN2O3S/c1-9-11(3)25-18-15(9)17(23)20-16(21-18)10(2)24-14(22)8-12-4-6-13(19)7-5-12/h4-7,10H,8H2,1-3H3,(H,20,21,23). The lowest BCUT2D eigenvalue weighted by Gasteiger charge is -2.12. The van der Waals surface area contributed by atoms with Crippen molar-refractivity contribution in [3.63, 3.8) is 0 Å². The predicted molar refractivity (Wildman–Crippen MR) is 94.3 cm³/mol. The third kappa shape index (κ3) is 3.61. The molecule has 0 bridgehead atoms. The molecule has 130 valence electrons. The van der Waals surface area contributed by atoms with Crippen molar-refractivity contribution in [1.29, 1.82) is 0 Å². The molecule has 25 heavy (non-hydrogen) atoms. The molecule has 0 radical (unpaired) electrons. The Balaban J connectivity index is 1.77. The van der Waals surface area contributed by atoms with E-state index in [1.807, 2.05) is 13.8 Å². The van der Waals surface area contributed by atoms with Crippen molar-refractivity contribution >= 4 is 27.5 Å². The predicted octanol–water partition coefficient (Wildman–Crippen LogP) is 3.59. The van der Waals surface area contributed by atoms with E-state index >= 15 is 0 Å². The van der Waals surface area contributed by atoms with Crippen LogP contribution in [0.15, 0.2) is 29.1 Å². The monoisotopic (exact) mass is 360 g/mol.